The molecule has 0 spiro atoms. The Bertz CT molecular complexity index is 1030. The fraction of sp³-hybridized carbons (Fsp3) is 0.250. The zero-order valence-corrected chi connectivity index (χ0v) is 18.8. The standard InChI is InChI=1S/C20H21Cl2N5O2S/c1-3-27-18(11-23-15-7-5-4-6-14(15)22)25-26-20(27)30-12-19(28)24-16-10-13(21)8-9-17(16)29-2/h4-10,23H,3,11-12H2,1-2H3,(H,24,28). The molecule has 0 saturated heterocycles. The van der Waals surface area contributed by atoms with Gasteiger partial charge < -0.3 is 19.9 Å². The first kappa shape index (κ1) is 22.3. The van der Waals surface area contributed by atoms with Gasteiger partial charge in [0.15, 0.2) is 11.0 Å². The Kier molecular flexibility index (Phi) is 7.84. The number of aromatic nitrogens is 3. The molecule has 1 aromatic heterocycles. The van der Waals surface area contributed by atoms with Crippen molar-refractivity contribution in [2.45, 2.75) is 25.2 Å². The lowest BCUT2D eigenvalue weighted by atomic mass is 10.3. The highest BCUT2D eigenvalue weighted by Gasteiger charge is 2.14. The molecular weight excluding hydrogens is 445 g/mol. The molecule has 30 heavy (non-hydrogen) atoms. The Hall–Kier alpha value is -2.42. The highest BCUT2D eigenvalue weighted by atomic mass is 35.5. The van der Waals surface area contributed by atoms with Gasteiger partial charge in [0.2, 0.25) is 5.91 Å². The van der Waals surface area contributed by atoms with Crippen LogP contribution < -0.4 is 15.4 Å². The molecular formula is C20H21Cl2N5O2S. The molecule has 0 aliphatic carbocycles. The molecule has 0 aliphatic heterocycles. The van der Waals surface area contributed by atoms with Gasteiger partial charge in [-0.25, -0.2) is 0 Å². The zero-order valence-electron chi connectivity index (χ0n) is 16.5. The molecule has 1 amide bonds. The number of benzene rings is 2. The summed E-state index contributed by atoms with van der Waals surface area (Å²) < 4.78 is 7.21. The van der Waals surface area contributed by atoms with Gasteiger partial charge in [0.25, 0.3) is 0 Å². The quantitative estimate of drug-likeness (QED) is 0.434. The maximum atomic E-state index is 12.4. The van der Waals surface area contributed by atoms with Crippen molar-refractivity contribution in [1.82, 2.24) is 14.8 Å². The van der Waals surface area contributed by atoms with E-state index in [4.69, 9.17) is 27.9 Å². The van der Waals surface area contributed by atoms with Crippen molar-refractivity contribution < 1.29 is 9.53 Å². The second-order valence-corrected chi connectivity index (χ2v) is 7.94. The van der Waals surface area contributed by atoms with Crippen molar-refractivity contribution in [3.8, 4) is 5.75 Å². The summed E-state index contributed by atoms with van der Waals surface area (Å²) in [6.45, 7) is 3.15. The van der Waals surface area contributed by atoms with Crippen molar-refractivity contribution in [3.63, 3.8) is 0 Å². The van der Waals surface area contributed by atoms with Gasteiger partial charge in [-0.15, -0.1) is 10.2 Å². The minimum atomic E-state index is -0.193. The predicted molar refractivity (Wildman–Crippen MR) is 122 cm³/mol. The molecule has 3 rings (SSSR count). The Labute approximate surface area is 189 Å². The molecule has 158 valence electrons. The average Bonchev–Trinajstić information content (AvgIpc) is 3.13. The number of ether oxygens (including phenoxy) is 1. The minimum absolute atomic E-state index is 0.172. The molecule has 3 aromatic rings. The van der Waals surface area contributed by atoms with Crippen LogP contribution in [0.5, 0.6) is 5.75 Å². The van der Waals surface area contributed by atoms with Crippen LogP contribution in [-0.4, -0.2) is 33.5 Å². The van der Waals surface area contributed by atoms with Crippen LogP contribution in [0.25, 0.3) is 0 Å². The van der Waals surface area contributed by atoms with Crippen molar-refractivity contribution >= 4 is 52.2 Å². The molecule has 2 aromatic carbocycles. The van der Waals surface area contributed by atoms with Crippen LogP contribution >= 0.6 is 35.0 Å². The summed E-state index contributed by atoms with van der Waals surface area (Å²) in [5.41, 5.74) is 1.35. The first-order valence-corrected chi connectivity index (χ1v) is 10.9. The van der Waals surface area contributed by atoms with Crippen LogP contribution in [0.2, 0.25) is 10.0 Å². The second kappa shape index (κ2) is 10.6. The number of amides is 1. The number of rotatable bonds is 9. The Morgan fingerprint density at radius 2 is 1.97 bits per heavy atom. The number of para-hydroxylation sites is 1. The fourth-order valence-electron chi connectivity index (χ4n) is 2.75. The summed E-state index contributed by atoms with van der Waals surface area (Å²) in [5, 5.41) is 16.4. The Morgan fingerprint density at radius 1 is 1.17 bits per heavy atom. The van der Waals surface area contributed by atoms with E-state index in [1.165, 1.54) is 18.9 Å². The normalized spacial score (nSPS) is 10.7. The second-order valence-electron chi connectivity index (χ2n) is 6.16. The Morgan fingerprint density at radius 3 is 2.70 bits per heavy atom. The van der Waals surface area contributed by atoms with Gasteiger partial charge in [-0.3, -0.25) is 4.79 Å². The third-order valence-electron chi connectivity index (χ3n) is 4.19. The maximum absolute atomic E-state index is 12.4. The number of methoxy groups -OCH3 is 1. The number of nitrogens with one attached hydrogen (secondary N) is 2. The van der Waals surface area contributed by atoms with E-state index in [2.05, 4.69) is 20.8 Å². The van der Waals surface area contributed by atoms with Gasteiger partial charge in [-0.05, 0) is 37.3 Å². The molecule has 2 N–H and O–H groups in total. The van der Waals surface area contributed by atoms with Gasteiger partial charge in [0, 0.05) is 11.6 Å². The third kappa shape index (κ3) is 5.59. The number of carbonyl (C=O) groups excluding carboxylic acids is 1. The summed E-state index contributed by atoms with van der Waals surface area (Å²) >= 11 is 13.5. The van der Waals surface area contributed by atoms with Gasteiger partial charge in [0.1, 0.15) is 5.75 Å². The van der Waals surface area contributed by atoms with E-state index < -0.39 is 0 Å². The highest BCUT2D eigenvalue weighted by Crippen LogP contribution is 2.28. The number of thioether (sulfide) groups is 1. The molecule has 0 saturated carbocycles. The summed E-state index contributed by atoms with van der Waals surface area (Å²) in [5.74, 6) is 1.28. The van der Waals surface area contributed by atoms with Crippen molar-refractivity contribution in [1.29, 1.82) is 0 Å². The molecule has 10 heteroatoms. The lowest BCUT2D eigenvalue weighted by molar-refractivity contribution is -0.113. The number of hydrogen-bond acceptors (Lipinski definition) is 6. The maximum Gasteiger partial charge on any atom is 0.234 e. The smallest absolute Gasteiger partial charge is 0.234 e. The van der Waals surface area contributed by atoms with Crippen LogP contribution in [0.1, 0.15) is 12.7 Å². The minimum Gasteiger partial charge on any atom is -0.495 e. The van der Waals surface area contributed by atoms with Crippen LogP contribution in [0.3, 0.4) is 0 Å². The summed E-state index contributed by atoms with van der Waals surface area (Å²) in [6.07, 6.45) is 0. The van der Waals surface area contributed by atoms with Crippen molar-refractivity contribution in [3.05, 3.63) is 58.3 Å². The average molecular weight is 466 g/mol. The molecule has 0 aliphatic rings. The first-order chi connectivity index (χ1) is 14.5. The summed E-state index contributed by atoms with van der Waals surface area (Å²) in [7, 11) is 1.54. The molecule has 1 heterocycles. The third-order valence-corrected chi connectivity index (χ3v) is 5.72. The largest absolute Gasteiger partial charge is 0.495 e. The fourth-order valence-corrected chi connectivity index (χ4v) is 3.94. The van der Waals surface area contributed by atoms with Crippen molar-refractivity contribution in [2.75, 3.05) is 23.5 Å². The van der Waals surface area contributed by atoms with Gasteiger partial charge in [-0.2, -0.15) is 0 Å². The molecule has 0 unspecified atom stereocenters. The van der Waals surface area contributed by atoms with Gasteiger partial charge >= 0.3 is 0 Å². The molecule has 0 fully saturated rings. The topological polar surface area (TPSA) is 81.1 Å². The van der Waals surface area contributed by atoms with E-state index >= 15 is 0 Å². The Balaban J connectivity index is 1.61. The lowest BCUT2D eigenvalue weighted by Crippen LogP contribution is -2.15. The van der Waals surface area contributed by atoms with Crippen molar-refractivity contribution in [2.24, 2.45) is 0 Å². The van der Waals surface area contributed by atoms with Gasteiger partial charge in [-0.1, -0.05) is 47.1 Å². The van der Waals surface area contributed by atoms with E-state index in [1.54, 1.807) is 18.2 Å². The van der Waals surface area contributed by atoms with E-state index in [-0.39, 0.29) is 11.7 Å². The SMILES string of the molecule is CCn1c(CNc2ccccc2Cl)nnc1SCC(=O)Nc1cc(Cl)ccc1OC. The molecule has 0 atom stereocenters. The molecule has 0 radical (unpaired) electrons. The highest BCUT2D eigenvalue weighted by molar-refractivity contribution is 7.99. The first-order valence-electron chi connectivity index (χ1n) is 9.18. The molecule has 7 nitrogen and oxygen atoms in total. The van der Waals surface area contributed by atoms with Crippen LogP contribution in [0.15, 0.2) is 47.6 Å². The van der Waals surface area contributed by atoms with E-state index in [0.717, 1.165) is 11.5 Å². The van der Waals surface area contributed by atoms with Crippen LogP contribution in [0.4, 0.5) is 11.4 Å². The lowest BCUT2D eigenvalue weighted by Gasteiger charge is -2.11. The molecule has 0 bridgehead atoms. The monoisotopic (exact) mass is 465 g/mol. The predicted octanol–water partition coefficient (Wildman–Crippen LogP) is 4.96. The number of hydrogen-bond donors (Lipinski definition) is 2. The van der Waals surface area contributed by atoms with Gasteiger partial charge in [0.05, 0.1) is 35.8 Å². The van der Waals surface area contributed by atoms with E-state index in [9.17, 15) is 4.79 Å². The van der Waals surface area contributed by atoms with Crippen LogP contribution in [0, 0.1) is 0 Å². The number of nitrogens with zero attached hydrogens (tertiary/aromatic N) is 3. The van der Waals surface area contributed by atoms with Crippen LogP contribution in [-0.2, 0) is 17.9 Å². The van der Waals surface area contributed by atoms with E-state index in [0.29, 0.717) is 39.7 Å². The number of halogens is 2. The summed E-state index contributed by atoms with van der Waals surface area (Å²) in [4.78, 5) is 12.4. The summed E-state index contributed by atoms with van der Waals surface area (Å²) in [6, 6.07) is 12.6. The number of carbonyl (C=O) groups is 1. The van der Waals surface area contributed by atoms with E-state index in [1.807, 2.05) is 35.8 Å². The number of anilines is 2. The zero-order chi connectivity index (χ0) is 21.5.